The highest BCUT2D eigenvalue weighted by molar-refractivity contribution is 5.91. The van der Waals surface area contributed by atoms with Gasteiger partial charge >= 0.3 is 12.3 Å². The van der Waals surface area contributed by atoms with Crippen LogP contribution in [-0.4, -0.2) is 32.6 Å². The predicted octanol–water partition coefficient (Wildman–Crippen LogP) is 3.77. The second-order valence-electron chi connectivity index (χ2n) is 5.64. The van der Waals surface area contributed by atoms with Crippen molar-refractivity contribution < 1.29 is 32.2 Å². The summed E-state index contributed by atoms with van der Waals surface area (Å²) in [5.41, 5.74) is 1.93. The summed E-state index contributed by atoms with van der Waals surface area (Å²) in [5.74, 6) is -0.0792. The highest BCUT2D eigenvalue weighted by atomic mass is 19.4. The minimum absolute atomic E-state index is 0.267. The van der Waals surface area contributed by atoms with Crippen LogP contribution in [0.4, 0.5) is 18.9 Å². The van der Waals surface area contributed by atoms with Gasteiger partial charge in [0, 0.05) is 6.54 Å². The fourth-order valence-corrected chi connectivity index (χ4v) is 2.70. The smallest absolute Gasteiger partial charge is 0.490 e. The molecule has 0 aliphatic carbocycles. The molecule has 2 aromatic carbocycles. The molecule has 0 radical (unpaired) electrons. The summed E-state index contributed by atoms with van der Waals surface area (Å²) in [5, 5.41) is 0. The Morgan fingerprint density at radius 3 is 2.58 bits per heavy atom. The lowest BCUT2D eigenvalue weighted by molar-refractivity contribution is -0.274. The van der Waals surface area contributed by atoms with Crippen LogP contribution in [0.15, 0.2) is 42.5 Å². The molecule has 5 nitrogen and oxygen atoms in total. The van der Waals surface area contributed by atoms with Crippen molar-refractivity contribution in [2.75, 3.05) is 25.2 Å². The van der Waals surface area contributed by atoms with Gasteiger partial charge in [-0.15, -0.1) is 13.2 Å². The van der Waals surface area contributed by atoms with Crippen LogP contribution in [0, 0.1) is 0 Å². The van der Waals surface area contributed by atoms with Crippen LogP contribution in [0.2, 0.25) is 0 Å². The Balaban J connectivity index is 1.78. The number of fused-ring (bicyclic) bond motifs is 1. The van der Waals surface area contributed by atoms with Gasteiger partial charge in [0.15, 0.2) is 0 Å². The van der Waals surface area contributed by atoms with Crippen molar-refractivity contribution >= 4 is 11.7 Å². The van der Waals surface area contributed by atoms with Crippen LogP contribution in [-0.2, 0) is 11.3 Å². The van der Waals surface area contributed by atoms with Crippen LogP contribution >= 0.6 is 0 Å². The van der Waals surface area contributed by atoms with Crippen molar-refractivity contribution in [2.45, 2.75) is 12.9 Å². The number of methoxy groups -OCH3 is 1. The van der Waals surface area contributed by atoms with Crippen molar-refractivity contribution in [2.24, 2.45) is 0 Å². The zero-order valence-electron chi connectivity index (χ0n) is 13.9. The van der Waals surface area contributed by atoms with Crippen molar-refractivity contribution in [1.29, 1.82) is 0 Å². The lowest BCUT2D eigenvalue weighted by Gasteiger charge is -2.31. The number of hydrogen-bond acceptors (Lipinski definition) is 5. The van der Waals surface area contributed by atoms with E-state index in [1.54, 1.807) is 30.3 Å². The Hall–Kier alpha value is -2.90. The Morgan fingerprint density at radius 2 is 1.92 bits per heavy atom. The van der Waals surface area contributed by atoms with Gasteiger partial charge in [-0.05, 0) is 35.9 Å². The molecule has 0 bridgehead atoms. The lowest BCUT2D eigenvalue weighted by atomic mass is 10.1. The van der Waals surface area contributed by atoms with Gasteiger partial charge < -0.3 is 19.1 Å². The largest absolute Gasteiger partial charge is 0.573 e. The first-order chi connectivity index (χ1) is 12.4. The molecule has 0 saturated carbocycles. The number of halogens is 3. The van der Waals surface area contributed by atoms with Gasteiger partial charge in [-0.1, -0.05) is 12.1 Å². The topological polar surface area (TPSA) is 48.0 Å². The molecular formula is C18H16F3NO4. The number of carbonyl (C=O) groups is 1. The van der Waals surface area contributed by atoms with Crippen LogP contribution in [0.1, 0.15) is 15.9 Å². The summed E-state index contributed by atoms with van der Waals surface area (Å²) in [6.45, 7) is 1.51. The molecule has 0 aromatic heterocycles. The number of anilines is 1. The van der Waals surface area contributed by atoms with Crippen molar-refractivity contribution in [3.05, 3.63) is 53.6 Å². The molecule has 138 valence electrons. The maximum absolute atomic E-state index is 12.2. The number of hydrogen-bond donors (Lipinski definition) is 0. The molecule has 0 spiro atoms. The number of benzene rings is 2. The van der Waals surface area contributed by atoms with Gasteiger partial charge in [0.25, 0.3) is 0 Å². The first-order valence-corrected chi connectivity index (χ1v) is 7.80. The maximum atomic E-state index is 12.2. The lowest BCUT2D eigenvalue weighted by Crippen LogP contribution is -2.32. The standard InChI is InChI=1S/C18H16F3NO4/c1-24-17(23)13-4-7-16-15(10-13)22(8-9-25-16)11-12-2-5-14(6-3-12)26-18(19,20)21/h2-7,10H,8-9,11H2,1H3. The van der Waals surface area contributed by atoms with Gasteiger partial charge in [-0.2, -0.15) is 0 Å². The zero-order valence-corrected chi connectivity index (χ0v) is 13.9. The first kappa shape index (κ1) is 17.9. The van der Waals surface area contributed by atoms with Crippen molar-refractivity contribution in [1.82, 2.24) is 0 Å². The summed E-state index contributed by atoms with van der Waals surface area (Å²) in [7, 11) is 1.31. The second-order valence-corrected chi connectivity index (χ2v) is 5.64. The van der Waals surface area contributed by atoms with E-state index in [9.17, 15) is 18.0 Å². The molecular weight excluding hydrogens is 351 g/mol. The maximum Gasteiger partial charge on any atom is 0.573 e. The molecule has 0 fully saturated rings. The van der Waals surface area contributed by atoms with E-state index in [1.807, 2.05) is 4.90 Å². The Labute approximate surface area is 147 Å². The van der Waals surface area contributed by atoms with Gasteiger partial charge in [0.2, 0.25) is 0 Å². The van der Waals surface area contributed by atoms with Crippen molar-refractivity contribution in [3.63, 3.8) is 0 Å². The van der Waals surface area contributed by atoms with E-state index in [0.29, 0.717) is 31.0 Å². The van der Waals surface area contributed by atoms with E-state index in [2.05, 4.69) is 4.74 Å². The molecule has 3 rings (SSSR count). The number of ether oxygens (including phenoxy) is 3. The molecule has 0 amide bonds. The molecule has 0 atom stereocenters. The molecule has 1 aliphatic rings. The number of nitrogens with zero attached hydrogens (tertiary/aromatic N) is 1. The minimum Gasteiger partial charge on any atom is -0.490 e. The zero-order chi connectivity index (χ0) is 18.7. The summed E-state index contributed by atoms with van der Waals surface area (Å²) in [6.07, 6.45) is -4.71. The summed E-state index contributed by atoms with van der Waals surface area (Å²) < 4.78 is 50.9. The highest BCUT2D eigenvalue weighted by Gasteiger charge is 2.31. The molecule has 2 aromatic rings. The van der Waals surface area contributed by atoms with Crippen LogP contribution < -0.4 is 14.4 Å². The van der Waals surface area contributed by atoms with E-state index in [4.69, 9.17) is 9.47 Å². The quantitative estimate of drug-likeness (QED) is 0.770. The molecule has 1 aliphatic heterocycles. The minimum atomic E-state index is -4.71. The monoisotopic (exact) mass is 367 g/mol. The van der Waals surface area contributed by atoms with E-state index in [1.165, 1.54) is 19.2 Å². The second kappa shape index (κ2) is 7.15. The number of carbonyl (C=O) groups excluding carboxylic acids is 1. The van der Waals surface area contributed by atoms with Gasteiger partial charge in [-0.3, -0.25) is 0 Å². The van der Waals surface area contributed by atoms with E-state index < -0.39 is 12.3 Å². The third-order valence-corrected chi connectivity index (χ3v) is 3.87. The summed E-state index contributed by atoms with van der Waals surface area (Å²) in [4.78, 5) is 13.7. The van der Waals surface area contributed by atoms with Gasteiger partial charge in [0.1, 0.15) is 18.1 Å². The fourth-order valence-electron chi connectivity index (χ4n) is 2.70. The molecule has 8 heteroatoms. The van der Waals surface area contributed by atoms with Crippen LogP contribution in [0.5, 0.6) is 11.5 Å². The molecule has 26 heavy (non-hydrogen) atoms. The molecule has 1 heterocycles. The van der Waals surface area contributed by atoms with E-state index in [-0.39, 0.29) is 5.75 Å². The number of alkyl halides is 3. The normalized spacial score (nSPS) is 13.6. The third-order valence-electron chi connectivity index (χ3n) is 3.87. The average Bonchev–Trinajstić information content (AvgIpc) is 2.61. The third kappa shape index (κ3) is 4.19. The predicted molar refractivity (Wildman–Crippen MR) is 87.5 cm³/mol. The molecule has 0 saturated heterocycles. The number of rotatable bonds is 4. The SMILES string of the molecule is COC(=O)c1ccc2c(c1)N(Cc1ccc(OC(F)(F)F)cc1)CCO2. The van der Waals surface area contributed by atoms with Crippen LogP contribution in [0.25, 0.3) is 0 Å². The molecule has 0 N–H and O–H groups in total. The Bertz CT molecular complexity index is 790. The van der Waals surface area contributed by atoms with E-state index >= 15 is 0 Å². The number of esters is 1. The average molecular weight is 367 g/mol. The summed E-state index contributed by atoms with van der Waals surface area (Å²) >= 11 is 0. The van der Waals surface area contributed by atoms with Gasteiger partial charge in [-0.25, -0.2) is 4.79 Å². The van der Waals surface area contributed by atoms with Crippen molar-refractivity contribution in [3.8, 4) is 11.5 Å². The van der Waals surface area contributed by atoms with Gasteiger partial charge in [0.05, 0.1) is 24.9 Å². The first-order valence-electron chi connectivity index (χ1n) is 7.80. The van der Waals surface area contributed by atoms with Crippen LogP contribution in [0.3, 0.4) is 0 Å². The fraction of sp³-hybridized carbons (Fsp3) is 0.278. The van der Waals surface area contributed by atoms with E-state index in [0.717, 1.165) is 11.3 Å². The summed E-state index contributed by atoms with van der Waals surface area (Å²) in [6, 6.07) is 10.7. The molecule has 0 unspecified atom stereocenters. The highest BCUT2D eigenvalue weighted by Crippen LogP contribution is 2.34. The Kier molecular flexibility index (Phi) is 4.92. The Morgan fingerprint density at radius 1 is 1.19 bits per heavy atom.